The monoisotopic (exact) mass is 325 g/mol. The van der Waals surface area contributed by atoms with Gasteiger partial charge in [0.25, 0.3) is 0 Å². The van der Waals surface area contributed by atoms with Crippen molar-refractivity contribution in [2.24, 2.45) is 5.73 Å². The number of nitrogens with zero attached hydrogens (tertiary/aromatic N) is 3. The first kappa shape index (κ1) is 16.5. The van der Waals surface area contributed by atoms with Crippen molar-refractivity contribution in [3.63, 3.8) is 0 Å². The van der Waals surface area contributed by atoms with E-state index in [4.69, 9.17) is 5.73 Å². The van der Waals surface area contributed by atoms with Gasteiger partial charge in [0, 0.05) is 19.1 Å². The van der Waals surface area contributed by atoms with Crippen molar-refractivity contribution >= 4 is 35.9 Å². The third kappa shape index (κ3) is 3.15. The highest BCUT2D eigenvalue weighted by Gasteiger charge is 2.34. The Morgan fingerprint density at radius 3 is 2.59 bits per heavy atom. The number of hydrogen-bond acceptors (Lipinski definition) is 5. The lowest BCUT2D eigenvalue weighted by Gasteiger charge is -2.16. The molecular weight excluding hydrogens is 306 g/mol. The Kier molecular flexibility index (Phi) is 4.87. The van der Waals surface area contributed by atoms with Crippen LogP contribution in [0.1, 0.15) is 19.3 Å². The molecule has 2 atom stereocenters. The topological polar surface area (TPSA) is 91.6 Å². The maximum atomic E-state index is 11.9. The third-order valence-electron chi connectivity index (χ3n) is 4.07. The van der Waals surface area contributed by atoms with Crippen LogP contribution < -0.4 is 16.0 Å². The third-order valence-corrected chi connectivity index (χ3v) is 4.07. The molecule has 8 heteroatoms. The Hall–Kier alpha value is -1.86. The molecule has 0 aromatic carbocycles. The fraction of sp³-hybridized carbons (Fsp3) is 0.500. The molecule has 0 spiro atoms. The van der Waals surface area contributed by atoms with Crippen LogP contribution in [0.2, 0.25) is 0 Å². The van der Waals surface area contributed by atoms with Gasteiger partial charge in [0.15, 0.2) is 0 Å². The number of nitrogens with two attached hydrogens (primary N) is 1. The Balaban J connectivity index is 0.00000176. The average Bonchev–Trinajstić information content (AvgIpc) is 2.99. The van der Waals surface area contributed by atoms with E-state index >= 15 is 0 Å². The molecule has 22 heavy (non-hydrogen) atoms. The highest BCUT2D eigenvalue weighted by atomic mass is 35.5. The predicted octanol–water partition coefficient (Wildman–Crippen LogP) is 1.19. The lowest BCUT2D eigenvalue weighted by atomic mass is 10.2. The average molecular weight is 326 g/mol. The fourth-order valence-electron chi connectivity index (χ4n) is 2.79. The molecule has 2 aliphatic rings. The molecule has 1 aromatic heterocycles. The standard InChI is InChI=1S/C14H19N5O2.ClH/c1-18-13(20)8-19(14(18)21)11-4-5-12(16-7-11)17-10-3-2-9(15)6-10;/h4-5,7,9-10H,2-3,6,8,15H2,1H3,(H,16,17);1H/t9-,10-;/m0./s1. The molecule has 3 amide bonds. The molecule has 2 fully saturated rings. The lowest BCUT2D eigenvalue weighted by molar-refractivity contribution is -0.123. The summed E-state index contributed by atoms with van der Waals surface area (Å²) in [5.74, 6) is 0.561. The summed E-state index contributed by atoms with van der Waals surface area (Å²) in [6.07, 6.45) is 4.65. The number of amides is 3. The number of hydrogen-bond donors (Lipinski definition) is 2. The van der Waals surface area contributed by atoms with Crippen LogP contribution in [0.15, 0.2) is 18.3 Å². The summed E-state index contributed by atoms with van der Waals surface area (Å²) >= 11 is 0. The molecule has 0 bridgehead atoms. The van der Waals surface area contributed by atoms with Crippen molar-refractivity contribution in [1.29, 1.82) is 0 Å². The van der Waals surface area contributed by atoms with Gasteiger partial charge in [0.2, 0.25) is 5.91 Å². The van der Waals surface area contributed by atoms with E-state index in [2.05, 4.69) is 10.3 Å². The van der Waals surface area contributed by atoms with Gasteiger partial charge in [-0.3, -0.25) is 14.6 Å². The minimum Gasteiger partial charge on any atom is -0.367 e. The maximum Gasteiger partial charge on any atom is 0.331 e. The number of halogens is 1. The second-order valence-corrected chi connectivity index (χ2v) is 5.64. The summed E-state index contributed by atoms with van der Waals surface area (Å²) in [7, 11) is 1.48. The SMILES string of the molecule is CN1C(=O)CN(c2ccc(N[C@H]3CC[C@H](N)C3)nc2)C1=O.Cl. The quantitative estimate of drug-likeness (QED) is 0.815. The van der Waals surface area contributed by atoms with Crippen LogP contribution >= 0.6 is 12.4 Å². The van der Waals surface area contributed by atoms with Gasteiger partial charge < -0.3 is 11.1 Å². The van der Waals surface area contributed by atoms with Crippen molar-refractivity contribution in [1.82, 2.24) is 9.88 Å². The smallest absolute Gasteiger partial charge is 0.331 e. The highest BCUT2D eigenvalue weighted by Crippen LogP contribution is 2.23. The highest BCUT2D eigenvalue weighted by molar-refractivity contribution is 6.11. The number of carbonyl (C=O) groups is 2. The summed E-state index contributed by atoms with van der Waals surface area (Å²) in [5, 5.41) is 3.35. The minimum absolute atomic E-state index is 0. The van der Waals surface area contributed by atoms with E-state index in [0.29, 0.717) is 11.7 Å². The molecule has 1 saturated carbocycles. The summed E-state index contributed by atoms with van der Waals surface area (Å²) in [6, 6.07) is 3.94. The normalized spacial score (nSPS) is 24.6. The number of anilines is 2. The van der Waals surface area contributed by atoms with Crippen molar-refractivity contribution in [2.45, 2.75) is 31.3 Å². The minimum atomic E-state index is -0.315. The molecule has 0 radical (unpaired) electrons. The zero-order valence-electron chi connectivity index (χ0n) is 12.4. The molecule has 0 unspecified atom stereocenters. The van der Waals surface area contributed by atoms with Crippen LogP contribution in [0.5, 0.6) is 0 Å². The molecule has 3 rings (SSSR count). The van der Waals surface area contributed by atoms with Crippen LogP contribution in [0, 0.1) is 0 Å². The van der Waals surface area contributed by atoms with Crippen LogP contribution in [0.3, 0.4) is 0 Å². The lowest BCUT2D eigenvalue weighted by Crippen LogP contribution is -2.29. The number of aromatic nitrogens is 1. The van der Waals surface area contributed by atoms with Crippen molar-refractivity contribution in [3.05, 3.63) is 18.3 Å². The second-order valence-electron chi connectivity index (χ2n) is 5.64. The molecule has 3 N–H and O–H groups in total. The number of likely N-dealkylation sites (N-methyl/N-ethyl adjacent to an activating group) is 1. The number of urea groups is 1. The summed E-state index contributed by atoms with van der Waals surface area (Å²) in [4.78, 5) is 30.3. The van der Waals surface area contributed by atoms with Crippen molar-refractivity contribution in [3.8, 4) is 0 Å². The van der Waals surface area contributed by atoms with Gasteiger partial charge in [-0.2, -0.15) is 0 Å². The van der Waals surface area contributed by atoms with Crippen LogP contribution in [-0.4, -0.2) is 47.5 Å². The van der Waals surface area contributed by atoms with E-state index < -0.39 is 0 Å². The first-order chi connectivity index (χ1) is 10.0. The van der Waals surface area contributed by atoms with Gasteiger partial charge in [-0.25, -0.2) is 9.78 Å². The van der Waals surface area contributed by atoms with E-state index in [9.17, 15) is 9.59 Å². The maximum absolute atomic E-state index is 11.9. The fourth-order valence-corrected chi connectivity index (χ4v) is 2.79. The summed E-state index contributed by atoms with van der Waals surface area (Å²) < 4.78 is 0. The van der Waals surface area contributed by atoms with Gasteiger partial charge in [-0.1, -0.05) is 0 Å². The van der Waals surface area contributed by atoms with Crippen LogP contribution in [0.25, 0.3) is 0 Å². The van der Waals surface area contributed by atoms with Crippen molar-refractivity contribution in [2.75, 3.05) is 23.8 Å². The molecule has 120 valence electrons. The van der Waals surface area contributed by atoms with Gasteiger partial charge >= 0.3 is 6.03 Å². The molecule has 1 aliphatic carbocycles. The van der Waals surface area contributed by atoms with E-state index in [-0.39, 0.29) is 36.9 Å². The summed E-state index contributed by atoms with van der Waals surface area (Å²) in [6.45, 7) is 0.0707. The van der Waals surface area contributed by atoms with Gasteiger partial charge in [-0.05, 0) is 31.4 Å². The van der Waals surface area contributed by atoms with E-state index in [1.807, 2.05) is 6.07 Å². The van der Waals surface area contributed by atoms with Crippen molar-refractivity contribution < 1.29 is 9.59 Å². The molecule has 1 aromatic rings. The van der Waals surface area contributed by atoms with E-state index in [1.54, 1.807) is 12.3 Å². The van der Waals surface area contributed by atoms with Gasteiger partial charge in [0.1, 0.15) is 12.4 Å². The Morgan fingerprint density at radius 1 is 1.32 bits per heavy atom. The molecule has 7 nitrogen and oxygen atoms in total. The van der Waals surface area contributed by atoms with Gasteiger partial charge in [0.05, 0.1) is 11.9 Å². The summed E-state index contributed by atoms with van der Waals surface area (Å²) in [5.41, 5.74) is 6.52. The first-order valence-electron chi connectivity index (χ1n) is 7.11. The van der Waals surface area contributed by atoms with Crippen LogP contribution in [-0.2, 0) is 4.79 Å². The van der Waals surface area contributed by atoms with Crippen LogP contribution in [0.4, 0.5) is 16.3 Å². The number of imide groups is 1. The Labute approximate surface area is 135 Å². The number of carbonyl (C=O) groups excluding carboxylic acids is 2. The molecule has 1 saturated heterocycles. The second kappa shape index (κ2) is 6.50. The predicted molar refractivity (Wildman–Crippen MR) is 86.2 cm³/mol. The molecule has 1 aliphatic heterocycles. The molecular formula is C14H20ClN5O2. The zero-order chi connectivity index (χ0) is 15.0. The Bertz CT molecular complexity index is 565. The number of nitrogens with one attached hydrogen (secondary N) is 1. The van der Waals surface area contributed by atoms with Gasteiger partial charge in [-0.15, -0.1) is 12.4 Å². The largest absolute Gasteiger partial charge is 0.367 e. The zero-order valence-corrected chi connectivity index (χ0v) is 13.2. The number of rotatable bonds is 3. The first-order valence-corrected chi connectivity index (χ1v) is 7.11. The Morgan fingerprint density at radius 2 is 2.09 bits per heavy atom. The van der Waals surface area contributed by atoms with E-state index in [1.165, 1.54) is 11.9 Å². The molecule has 2 heterocycles. The number of pyridine rings is 1. The van der Waals surface area contributed by atoms with E-state index in [0.717, 1.165) is 30.0 Å².